The van der Waals surface area contributed by atoms with Gasteiger partial charge in [-0.3, -0.25) is 4.79 Å². The molecule has 0 aromatic carbocycles. The van der Waals surface area contributed by atoms with Crippen LogP contribution >= 0.6 is 11.3 Å². The number of rotatable bonds is 4. The van der Waals surface area contributed by atoms with E-state index in [4.69, 9.17) is 0 Å². The Kier molecular flexibility index (Phi) is 3.66. The number of piperidine rings is 1. The molecular formula is C14H20N2OS. The summed E-state index contributed by atoms with van der Waals surface area (Å²) in [7, 11) is 0. The summed E-state index contributed by atoms with van der Waals surface area (Å²) in [6, 6.07) is 4.71. The fourth-order valence-corrected chi connectivity index (χ4v) is 3.34. The highest BCUT2D eigenvalue weighted by atomic mass is 32.1. The maximum atomic E-state index is 12.6. The van der Waals surface area contributed by atoms with E-state index >= 15 is 0 Å². The number of nitrogens with one attached hydrogen (secondary N) is 1. The minimum Gasteiger partial charge on any atom is -0.334 e. The molecule has 2 aliphatic rings. The highest BCUT2D eigenvalue weighted by Crippen LogP contribution is 2.31. The van der Waals surface area contributed by atoms with E-state index in [2.05, 4.69) is 27.7 Å². The van der Waals surface area contributed by atoms with E-state index in [9.17, 15) is 4.79 Å². The van der Waals surface area contributed by atoms with E-state index < -0.39 is 0 Å². The van der Waals surface area contributed by atoms with E-state index in [0.717, 1.165) is 32.5 Å². The second-order valence-electron chi connectivity index (χ2n) is 5.32. The number of amides is 1. The molecule has 3 rings (SSSR count). The molecule has 0 bridgehead atoms. The standard InChI is InChI=1S/C14H20N2OS/c17-14(11-3-1-7-15-9-11)16(12-5-6-12)10-13-4-2-8-18-13/h2,4,8,11-12,15H,1,3,5-7,9-10H2/t11-/m1/s1. The number of hydrogen-bond donors (Lipinski definition) is 1. The van der Waals surface area contributed by atoms with Crippen molar-refractivity contribution in [3.8, 4) is 0 Å². The summed E-state index contributed by atoms with van der Waals surface area (Å²) in [6.45, 7) is 2.75. The molecule has 2 fully saturated rings. The maximum Gasteiger partial charge on any atom is 0.227 e. The van der Waals surface area contributed by atoms with Crippen LogP contribution in [-0.4, -0.2) is 29.9 Å². The van der Waals surface area contributed by atoms with Gasteiger partial charge in [-0.2, -0.15) is 0 Å². The van der Waals surface area contributed by atoms with Gasteiger partial charge in [-0.05, 0) is 43.7 Å². The van der Waals surface area contributed by atoms with E-state index in [1.807, 2.05) is 0 Å². The van der Waals surface area contributed by atoms with Crippen molar-refractivity contribution in [3.05, 3.63) is 22.4 Å². The van der Waals surface area contributed by atoms with Crippen molar-refractivity contribution in [1.82, 2.24) is 10.2 Å². The molecule has 98 valence electrons. The van der Waals surface area contributed by atoms with Crippen molar-refractivity contribution < 1.29 is 4.79 Å². The van der Waals surface area contributed by atoms with Gasteiger partial charge in [-0.1, -0.05) is 6.07 Å². The van der Waals surface area contributed by atoms with Gasteiger partial charge in [-0.25, -0.2) is 0 Å². The molecule has 1 aliphatic carbocycles. The molecule has 1 aromatic rings. The van der Waals surface area contributed by atoms with Crippen LogP contribution in [0, 0.1) is 5.92 Å². The van der Waals surface area contributed by atoms with E-state index in [0.29, 0.717) is 11.9 Å². The Morgan fingerprint density at radius 1 is 1.44 bits per heavy atom. The summed E-state index contributed by atoms with van der Waals surface area (Å²) in [4.78, 5) is 16.0. The number of carbonyl (C=O) groups is 1. The van der Waals surface area contributed by atoms with Gasteiger partial charge in [0.05, 0.1) is 12.5 Å². The van der Waals surface area contributed by atoms with Gasteiger partial charge in [0, 0.05) is 17.5 Å². The molecule has 1 saturated carbocycles. The minimum absolute atomic E-state index is 0.208. The summed E-state index contributed by atoms with van der Waals surface area (Å²) in [5, 5.41) is 5.43. The zero-order valence-electron chi connectivity index (χ0n) is 10.6. The predicted molar refractivity (Wildman–Crippen MR) is 73.5 cm³/mol. The molecule has 1 amide bonds. The summed E-state index contributed by atoms with van der Waals surface area (Å²) < 4.78 is 0. The number of thiophene rings is 1. The molecule has 18 heavy (non-hydrogen) atoms. The first-order valence-electron chi connectivity index (χ1n) is 6.88. The van der Waals surface area contributed by atoms with Crippen LogP contribution in [0.1, 0.15) is 30.6 Å². The lowest BCUT2D eigenvalue weighted by molar-refractivity contribution is -0.137. The summed E-state index contributed by atoms with van der Waals surface area (Å²) >= 11 is 1.75. The molecule has 3 nitrogen and oxygen atoms in total. The SMILES string of the molecule is O=C([C@@H]1CCCNC1)N(Cc1cccs1)C1CC1. The molecule has 0 unspecified atom stereocenters. The van der Waals surface area contributed by atoms with Crippen molar-refractivity contribution in [3.63, 3.8) is 0 Å². The molecule has 0 spiro atoms. The van der Waals surface area contributed by atoms with E-state index in [1.165, 1.54) is 17.7 Å². The lowest BCUT2D eigenvalue weighted by Gasteiger charge is -2.29. The third-order valence-electron chi connectivity index (χ3n) is 3.82. The third kappa shape index (κ3) is 2.75. The monoisotopic (exact) mass is 264 g/mol. The minimum atomic E-state index is 0.208. The second kappa shape index (κ2) is 5.41. The van der Waals surface area contributed by atoms with Crippen LogP contribution in [0.25, 0.3) is 0 Å². The average molecular weight is 264 g/mol. The lowest BCUT2D eigenvalue weighted by Crippen LogP contribution is -2.43. The molecule has 0 radical (unpaired) electrons. The molecule has 2 heterocycles. The Balaban J connectivity index is 1.66. The van der Waals surface area contributed by atoms with Crippen LogP contribution in [0.2, 0.25) is 0 Å². The third-order valence-corrected chi connectivity index (χ3v) is 4.68. The predicted octanol–water partition coefficient (Wildman–Crippen LogP) is 2.24. The zero-order chi connectivity index (χ0) is 12.4. The van der Waals surface area contributed by atoms with Crippen LogP contribution in [-0.2, 0) is 11.3 Å². The van der Waals surface area contributed by atoms with Crippen molar-refractivity contribution in [2.45, 2.75) is 38.3 Å². The lowest BCUT2D eigenvalue weighted by atomic mass is 9.98. The Morgan fingerprint density at radius 3 is 2.94 bits per heavy atom. The summed E-state index contributed by atoms with van der Waals surface area (Å²) in [6.07, 6.45) is 4.57. The average Bonchev–Trinajstić information content (AvgIpc) is 3.13. The van der Waals surface area contributed by atoms with E-state index in [-0.39, 0.29) is 5.92 Å². The maximum absolute atomic E-state index is 12.6. The molecule has 1 atom stereocenters. The van der Waals surface area contributed by atoms with Crippen LogP contribution in [0.15, 0.2) is 17.5 Å². The van der Waals surface area contributed by atoms with Crippen molar-refractivity contribution >= 4 is 17.2 Å². The fourth-order valence-electron chi connectivity index (χ4n) is 2.64. The van der Waals surface area contributed by atoms with Gasteiger partial charge in [0.15, 0.2) is 0 Å². The van der Waals surface area contributed by atoms with Crippen LogP contribution < -0.4 is 5.32 Å². The topological polar surface area (TPSA) is 32.3 Å². The summed E-state index contributed by atoms with van der Waals surface area (Å²) in [5.41, 5.74) is 0. The van der Waals surface area contributed by atoms with Crippen LogP contribution in [0.3, 0.4) is 0 Å². The van der Waals surface area contributed by atoms with E-state index in [1.54, 1.807) is 11.3 Å². The number of hydrogen-bond acceptors (Lipinski definition) is 3. The first-order chi connectivity index (χ1) is 8.84. The normalized spacial score (nSPS) is 23.9. The van der Waals surface area contributed by atoms with Gasteiger partial charge in [0.1, 0.15) is 0 Å². The van der Waals surface area contributed by atoms with Crippen molar-refractivity contribution in [1.29, 1.82) is 0 Å². The Morgan fingerprint density at radius 2 is 2.33 bits per heavy atom. The molecular weight excluding hydrogens is 244 g/mol. The first-order valence-corrected chi connectivity index (χ1v) is 7.76. The smallest absolute Gasteiger partial charge is 0.227 e. The Bertz CT molecular complexity index is 394. The molecule has 1 aliphatic heterocycles. The van der Waals surface area contributed by atoms with Gasteiger partial charge in [0.25, 0.3) is 0 Å². The number of nitrogens with zero attached hydrogens (tertiary/aromatic N) is 1. The first kappa shape index (κ1) is 12.2. The van der Waals surface area contributed by atoms with Crippen LogP contribution in [0.4, 0.5) is 0 Å². The van der Waals surface area contributed by atoms with Gasteiger partial charge < -0.3 is 10.2 Å². The molecule has 1 aromatic heterocycles. The molecule has 1 N–H and O–H groups in total. The number of carbonyl (C=O) groups excluding carboxylic acids is 1. The van der Waals surface area contributed by atoms with Crippen molar-refractivity contribution in [2.24, 2.45) is 5.92 Å². The summed E-state index contributed by atoms with van der Waals surface area (Å²) in [5.74, 6) is 0.581. The highest BCUT2D eigenvalue weighted by Gasteiger charge is 2.36. The van der Waals surface area contributed by atoms with Gasteiger partial charge in [0.2, 0.25) is 5.91 Å². The van der Waals surface area contributed by atoms with Gasteiger partial charge in [-0.15, -0.1) is 11.3 Å². The van der Waals surface area contributed by atoms with Crippen molar-refractivity contribution in [2.75, 3.05) is 13.1 Å². The Labute approximate surface area is 112 Å². The quantitative estimate of drug-likeness (QED) is 0.904. The largest absolute Gasteiger partial charge is 0.334 e. The highest BCUT2D eigenvalue weighted by molar-refractivity contribution is 7.09. The Hall–Kier alpha value is -0.870. The molecule has 1 saturated heterocycles. The van der Waals surface area contributed by atoms with Crippen LogP contribution in [0.5, 0.6) is 0 Å². The van der Waals surface area contributed by atoms with Gasteiger partial charge >= 0.3 is 0 Å². The fraction of sp³-hybridized carbons (Fsp3) is 0.643. The second-order valence-corrected chi connectivity index (χ2v) is 6.35. The zero-order valence-corrected chi connectivity index (χ0v) is 11.4. The molecule has 4 heteroatoms.